The molecule has 1 amide bonds. The Balaban J connectivity index is 2.12. The van der Waals surface area contributed by atoms with Crippen molar-refractivity contribution >= 4 is 11.9 Å². The minimum absolute atomic E-state index is 0.0713. The normalized spacial score (nSPS) is 18.9. The highest BCUT2D eigenvalue weighted by Crippen LogP contribution is 2.19. The molecule has 1 aliphatic heterocycles. The van der Waals surface area contributed by atoms with Crippen molar-refractivity contribution in [1.82, 2.24) is 4.90 Å². The average Bonchev–Trinajstić information content (AvgIpc) is 2.47. The van der Waals surface area contributed by atoms with E-state index in [0.29, 0.717) is 19.4 Å². The molecule has 1 atom stereocenters. The van der Waals surface area contributed by atoms with Crippen molar-refractivity contribution in [3.8, 4) is 0 Å². The van der Waals surface area contributed by atoms with Gasteiger partial charge in [-0.15, -0.1) is 0 Å². The van der Waals surface area contributed by atoms with Crippen LogP contribution in [0.25, 0.3) is 0 Å². The van der Waals surface area contributed by atoms with E-state index in [1.54, 1.807) is 0 Å². The third-order valence-electron chi connectivity index (χ3n) is 3.95. The Morgan fingerprint density at radius 2 is 1.95 bits per heavy atom. The van der Waals surface area contributed by atoms with Crippen molar-refractivity contribution in [2.45, 2.75) is 45.1 Å². The lowest BCUT2D eigenvalue weighted by Gasteiger charge is -2.33. The lowest BCUT2D eigenvalue weighted by molar-refractivity contribution is -0.151. The van der Waals surface area contributed by atoms with Gasteiger partial charge in [0.1, 0.15) is 6.04 Å². The standard InChI is InChI=1S/C16H21NO3/c1-2-12-7-3-4-8-13(12)11-15(18)17-10-6-5-9-14(17)16(19)20/h3-4,7-8,14H,2,5-6,9-11H2,1H3,(H,19,20). The van der Waals surface area contributed by atoms with Crippen molar-refractivity contribution in [3.63, 3.8) is 0 Å². The van der Waals surface area contributed by atoms with E-state index in [1.165, 1.54) is 4.90 Å². The zero-order chi connectivity index (χ0) is 14.5. The number of likely N-dealkylation sites (tertiary alicyclic amines) is 1. The molecule has 4 nitrogen and oxygen atoms in total. The highest BCUT2D eigenvalue weighted by molar-refractivity contribution is 5.85. The summed E-state index contributed by atoms with van der Waals surface area (Å²) in [5, 5.41) is 9.23. The molecule has 0 aliphatic carbocycles. The summed E-state index contributed by atoms with van der Waals surface area (Å²) in [4.78, 5) is 25.2. The van der Waals surface area contributed by atoms with Gasteiger partial charge in [-0.2, -0.15) is 0 Å². The van der Waals surface area contributed by atoms with E-state index >= 15 is 0 Å². The van der Waals surface area contributed by atoms with Crippen LogP contribution >= 0.6 is 0 Å². The number of aryl methyl sites for hydroxylation is 1. The fraction of sp³-hybridized carbons (Fsp3) is 0.500. The first kappa shape index (κ1) is 14.6. The molecule has 108 valence electrons. The number of benzene rings is 1. The Hall–Kier alpha value is -1.84. The molecule has 2 rings (SSSR count). The van der Waals surface area contributed by atoms with Crippen LogP contribution in [0.3, 0.4) is 0 Å². The minimum atomic E-state index is -0.887. The summed E-state index contributed by atoms with van der Waals surface area (Å²) in [6.45, 7) is 2.62. The third kappa shape index (κ3) is 3.18. The number of amides is 1. The Bertz CT molecular complexity index is 498. The van der Waals surface area contributed by atoms with Crippen LogP contribution in [-0.2, 0) is 22.4 Å². The van der Waals surface area contributed by atoms with Crippen molar-refractivity contribution in [2.75, 3.05) is 6.54 Å². The summed E-state index contributed by atoms with van der Waals surface area (Å²) in [6.07, 6.45) is 3.52. The minimum Gasteiger partial charge on any atom is -0.480 e. The summed E-state index contributed by atoms with van der Waals surface area (Å²) >= 11 is 0. The van der Waals surface area contributed by atoms with Gasteiger partial charge in [0.15, 0.2) is 0 Å². The fourth-order valence-corrected chi connectivity index (χ4v) is 2.83. The number of aliphatic carboxylic acids is 1. The SMILES string of the molecule is CCc1ccccc1CC(=O)N1CCCCC1C(=O)O. The van der Waals surface area contributed by atoms with Crippen molar-refractivity contribution < 1.29 is 14.7 Å². The second kappa shape index (κ2) is 6.55. The summed E-state index contributed by atoms with van der Waals surface area (Å²) in [6, 6.07) is 7.22. The summed E-state index contributed by atoms with van der Waals surface area (Å²) in [5.74, 6) is -0.958. The lowest BCUT2D eigenvalue weighted by atomic mass is 9.98. The molecule has 0 radical (unpaired) electrons. The number of hydrogen-bond donors (Lipinski definition) is 1. The Labute approximate surface area is 119 Å². The van der Waals surface area contributed by atoms with Gasteiger partial charge < -0.3 is 10.0 Å². The number of carbonyl (C=O) groups excluding carboxylic acids is 1. The van der Waals surface area contributed by atoms with E-state index in [2.05, 4.69) is 6.92 Å². The predicted molar refractivity (Wildman–Crippen MR) is 76.5 cm³/mol. The van der Waals surface area contributed by atoms with Gasteiger partial charge in [0, 0.05) is 6.54 Å². The molecule has 20 heavy (non-hydrogen) atoms. The number of hydrogen-bond acceptors (Lipinski definition) is 2. The molecule has 1 unspecified atom stereocenters. The van der Waals surface area contributed by atoms with Gasteiger partial charge >= 0.3 is 5.97 Å². The van der Waals surface area contributed by atoms with Crippen molar-refractivity contribution in [1.29, 1.82) is 0 Å². The maximum atomic E-state index is 12.4. The van der Waals surface area contributed by atoms with Gasteiger partial charge in [-0.05, 0) is 36.8 Å². The Morgan fingerprint density at radius 3 is 2.60 bits per heavy atom. The van der Waals surface area contributed by atoms with Crippen LogP contribution in [-0.4, -0.2) is 34.5 Å². The molecular formula is C16H21NO3. The molecular weight excluding hydrogens is 254 g/mol. The van der Waals surface area contributed by atoms with Crippen LogP contribution < -0.4 is 0 Å². The van der Waals surface area contributed by atoms with Crippen LogP contribution in [0.1, 0.15) is 37.3 Å². The number of carboxylic acids is 1. The summed E-state index contributed by atoms with van der Waals surface area (Å²) in [7, 11) is 0. The number of rotatable bonds is 4. The Morgan fingerprint density at radius 1 is 1.25 bits per heavy atom. The number of nitrogens with zero attached hydrogens (tertiary/aromatic N) is 1. The molecule has 0 saturated carbocycles. The Kier molecular flexibility index (Phi) is 4.77. The monoisotopic (exact) mass is 275 g/mol. The summed E-state index contributed by atoms with van der Waals surface area (Å²) in [5.41, 5.74) is 2.17. The molecule has 1 heterocycles. The quantitative estimate of drug-likeness (QED) is 0.917. The van der Waals surface area contributed by atoms with Gasteiger partial charge in [-0.1, -0.05) is 31.2 Å². The van der Waals surface area contributed by atoms with Gasteiger partial charge in [0.05, 0.1) is 6.42 Å². The molecule has 0 aromatic heterocycles. The van der Waals surface area contributed by atoms with Gasteiger partial charge in [0.2, 0.25) is 5.91 Å². The predicted octanol–water partition coefficient (Wildman–Crippen LogP) is 2.26. The molecule has 1 aromatic carbocycles. The van der Waals surface area contributed by atoms with Crippen LogP contribution in [0.15, 0.2) is 24.3 Å². The largest absolute Gasteiger partial charge is 0.480 e. The van der Waals surface area contributed by atoms with Gasteiger partial charge in [-0.25, -0.2) is 4.79 Å². The highest BCUT2D eigenvalue weighted by Gasteiger charge is 2.31. The van der Waals surface area contributed by atoms with Gasteiger partial charge in [0.25, 0.3) is 0 Å². The smallest absolute Gasteiger partial charge is 0.326 e. The van der Waals surface area contributed by atoms with Crippen LogP contribution in [0, 0.1) is 0 Å². The van der Waals surface area contributed by atoms with Crippen molar-refractivity contribution in [3.05, 3.63) is 35.4 Å². The molecule has 1 aliphatic rings. The van der Waals surface area contributed by atoms with Crippen LogP contribution in [0.4, 0.5) is 0 Å². The van der Waals surface area contributed by atoms with Crippen LogP contribution in [0.5, 0.6) is 0 Å². The number of carboxylic acid groups (broad SMARTS) is 1. The van der Waals surface area contributed by atoms with E-state index in [0.717, 1.165) is 30.4 Å². The fourth-order valence-electron chi connectivity index (χ4n) is 2.83. The molecule has 1 aromatic rings. The molecule has 4 heteroatoms. The first-order chi connectivity index (χ1) is 9.63. The number of piperidine rings is 1. The molecule has 1 fully saturated rings. The lowest BCUT2D eigenvalue weighted by Crippen LogP contribution is -2.48. The van der Waals surface area contributed by atoms with E-state index in [4.69, 9.17) is 0 Å². The molecule has 1 saturated heterocycles. The zero-order valence-electron chi connectivity index (χ0n) is 11.8. The average molecular weight is 275 g/mol. The molecule has 0 bridgehead atoms. The molecule has 0 spiro atoms. The summed E-state index contributed by atoms with van der Waals surface area (Å²) < 4.78 is 0. The van der Waals surface area contributed by atoms with Crippen LogP contribution in [0.2, 0.25) is 0 Å². The topological polar surface area (TPSA) is 57.6 Å². The van der Waals surface area contributed by atoms with Gasteiger partial charge in [-0.3, -0.25) is 4.79 Å². The number of carbonyl (C=O) groups is 2. The third-order valence-corrected chi connectivity index (χ3v) is 3.95. The van der Waals surface area contributed by atoms with Crippen molar-refractivity contribution in [2.24, 2.45) is 0 Å². The van der Waals surface area contributed by atoms with E-state index < -0.39 is 12.0 Å². The zero-order valence-corrected chi connectivity index (χ0v) is 11.8. The maximum Gasteiger partial charge on any atom is 0.326 e. The van der Waals surface area contributed by atoms with E-state index in [-0.39, 0.29) is 5.91 Å². The maximum absolute atomic E-state index is 12.4. The van der Waals surface area contributed by atoms with E-state index in [9.17, 15) is 14.7 Å². The first-order valence-corrected chi connectivity index (χ1v) is 7.22. The second-order valence-electron chi connectivity index (χ2n) is 5.24. The first-order valence-electron chi connectivity index (χ1n) is 7.22. The second-order valence-corrected chi connectivity index (χ2v) is 5.24. The molecule has 1 N–H and O–H groups in total. The highest BCUT2D eigenvalue weighted by atomic mass is 16.4. The van der Waals surface area contributed by atoms with E-state index in [1.807, 2.05) is 24.3 Å².